The largest absolute Gasteiger partial charge is 0.481 e. The van der Waals surface area contributed by atoms with E-state index in [0.717, 1.165) is 13.0 Å². The van der Waals surface area contributed by atoms with E-state index in [1.165, 1.54) is 13.0 Å². The van der Waals surface area contributed by atoms with Gasteiger partial charge in [0, 0.05) is 0 Å². The second kappa shape index (κ2) is 4.21. The first-order valence-electron chi connectivity index (χ1n) is 4.85. The maximum Gasteiger partial charge on any atom is 0.332 e. The molecule has 0 aliphatic heterocycles. The van der Waals surface area contributed by atoms with Crippen molar-refractivity contribution in [1.82, 2.24) is 0 Å². The lowest BCUT2D eigenvalue weighted by molar-refractivity contribution is -0.144. The zero-order valence-corrected chi connectivity index (χ0v) is 10.4. The Hall–Kier alpha value is -1.67. The Bertz CT molecular complexity index is 569. The predicted molar refractivity (Wildman–Crippen MR) is 60.6 cm³/mol. The zero-order chi connectivity index (χ0) is 14.3. The molecule has 100 valence electrons. The minimum atomic E-state index is -4.79. The lowest BCUT2D eigenvalue weighted by atomic mass is 9.78. The molecule has 0 saturated heterocycles. The average Bonchev–Trinajstić information content (AvgIpc) is 2.18. The van der Waals surface area contributed by atoms with Crippen molar-refractivity contribution in [1.29, 1.82) is 0 Å². The molecule has 3 N–H and O–H groups in total. The highest BCUT2D eigenvalue weighted by molar-refractivity contribution is 7.87. The van der Waals surface area contributed by atoms with Crippen molar-refractivity contribution in [2.75, 3.05) is 0 Å². The van der Waals surface area contributed by atoms with E-state index in [0.29, 0.717) is 0 Å². The molecular weight excluding hydrogens is 264 g/mol. The van der Waals surface area contributed by atoms with E-state index in [9.17, 15) is 22.6 Å². The molecule has 0 amide bonds. The van der Waals surface area contributed by atoms with Crippen LogP contribution in [0.5, 0.6) is 0 Å². The molecule has 0 aromatic carbocycles. The van der Waals surface area contributed by atoms with E-state index in [1.807, 2.05) is 0 Å². The number of carbonyl (C=O) groups is 2. The van der Waals surface area contributed by atoms with Crippen molar-refractivity contribution in [2.45, 2.75) is 18.6 Å². The molecule has 0 aromatic rings. The third kappa shape index (κ3) is 1.93. The van der Waals surface area contributed by atoms with Crippen molar-refractivity contribution in [3.05, 3.63) is 23.3 Å². The molecule has 7 nitrogen and oxygen atoms in total. The number of hydrogen-bond acceptors (Lipinski definition) is 4. The highest BCUT2D eigenvalue weighted by Crippen LogP contribution is 2.41. The van der Waals surface area contributed by atoms with Gasteiger partial charge < -0.3 is 10.2 Å². The van der Waals surface area contributed by atoms with Gasteiger partial charge in [0.1, 0.15) is 10.7 Å². The summed E-state index contributed by atoms with van der Waals surface area (Å²) in [6, 6.07) is 0. The lowest BCUT2D eigenvalue weighted by Gasteiger charge is -2.35. The molecule has 0 aromatic heterocycles. The van der Waals surface area contributed by atoms with Gasteiger partial charge in [-0.2, -0.15) is 8.42 Å². The minimum Gasteiger partial charge on any atom is -0.481 e. The van der Waals surface area contributed by atoms with E-state index in [4.69, 9.17) is 10.2 Å². The van der Waals surface area contributed by atoms with Gasteiger partial charge in [-0.15, -0.1) is 0 Å². The minimum absolute atomic E-state index is 0.0578. The second-order valence-corrected chi connectivity index (χ2v) is 5.93. The number of hydrogen-bond donors (Lipinski definition) is 3. The first-order valence-corrected chi connectivity index (χ1v) is 6.29. The number of allylic oxidation sites excluding steroid dienone is 2. The van der Waals surface area contributed by atoms with Crippen LogP contribution in [0.4, 0.5) is 0 Å². The van der Waals surface area contributed by atoms with Crippen molar-refractivity contribution >= 4 is 22.1 Å². The van der Waals surface area contributed by atoms with Crippen LogP contribution in [0.3, 0.4) is 0 Å². The Labute approximate surface area is 103 Å². The van der Waals surface area contributed by atoms with Gasteiger partial charge in [-0.25, -0.2) is 4.79 Å². The molecule has 0 heterocycles. The van der Waals surface area contributed by atoms with Gasteiger partial charge in [0.2, 0.25) is 0 Å². The summed E-state index contributed by atoms with van der Waals surface area (Å²) in [5.74, 6) is -5.03. The monoisotopic (exact) mass is 276 g/mol. The first-order chi connectivity index (χ1) is 8.03. The first kappa shape index (κ1) is 14.4. The van der Waals surface area contributed by atoms with Crippen LogP contribution in [-0.4, -0.2) is 39.9 Å². The van der Waals surface area contributed by atoms with Crippen molar-refractivity contribution in [2.24, 2.45) is 5.92 Å². The molecule has 1 aliphatic carbocycles. The van der Waals surface area contributed by atoms with Gasteiger partial charge >= 0.3 is 11.9 Å². The molecule has 0 radical (unpaired) electrons. The van der Waals surface area contributed by atoms with Crippen LogP contribution in [0, 0.1) is 5.92 Å². The fraction of sp³-hybridized carbons (Fsp3) is 0.400. The Balaban J connectivity index is 3.62. The van der Waals surface area contributed by atoms with Crippen LogP contribution in [-0.2, 0) is 19.7 Å². The summed E-state index contributed by atoms with van der Waals surface area (Å²) in [6.45, 7) is 2.31. The topological polar surface area (TPSA) is 129 Å². The van der Waals surface area contributed by atoms with E-state index >= 15 is 0 Å². The molecule has 0 spiro atoms. The Morgan fingerprint density at radius 3 is 2.11 bits per heavy atom. The van der Waals surface area contributed by atoms with Gasteiger partial charge in [0.25, 0.3) is 10.1 Å². The molecule has 8 heteroatoms. The van der Waals surface area contributed by atoms with Crippen LogP contribution < -0.4 is 0 Å². The zero-order valence-electron chi connectivity index (χ0n) is 9.61. The highest BCUT2D eigenvalue weighted by atomic mass is 32.2. The molecule has 18 heavy (non-hydrogen) atoms. The fourth-order valence-corrected chi connectivity index (χ4v) is 2.92. The van der Waals surface area contributed by atoms with E-state index < -0.39 is 38.3 Å². The highest BCUT2D eigenvalue weighted by Gasteiger charge is 2.54. The van der Waals surface area contributed by atoms with Gasteiger partial charge in [-0.05, 0) is 19.4 Å². The van der Waals surface area contributed by atoms with Crippen LogP contribution >= 0.6 is 0 Å². The summed E-state index contributed by atoms with van der Waals surface area (Å²) < 4.78 is 29.9. The standard InChI is InChI=1S/C10H12O7S/c1-5-3-4-6(8(11)12)7(9(13)14)10(5,2)18(15,16)17/h3-4,7H,1-2H3,(H,11,12)(H,13,14)(H,15,16,17). The Morgan fingerprint density at radius 1 is 1.28 bits per heavy atom. The second-order valence-electron chi connectivity index (χ2n) is 4.13. The van der Waals surface area contributed by atoms with Crippen molar-refractivity contribution < 1.29 is 32.8 Å². The summed E-state index contributed by atoms with van der Waals surface area (Å²) in [5, 5.41) is 18.0. The van der Waals surface area contributed by atoms with E-state index in [1.54, 1.807) is 0 Å². The number of carboxylic acids is 2. The summed E-state index contributed by atoms with van der Waals surface area (Å²) >= 11 is 0. The van der Waals surface area contributed by atoms with E-state index in [-0.39, 0.29) is 5.57 Å². The Morgan fingerprint density at radius 2 is 1.78 bits per heavy atom. The summed E-state index contributed by atoms with van der Waals surface area (Å²) in [6.07, 6.45) is 2.21. The third-order valence-corrected chi connectivity index (χ3v) is 4.82. The molecular formula is C10H12O7S. The summed E-state index contributed by atoms with van der Waals surface area (Å²) in [7, 11) is -4.79. The van der Waals surface area contributed by atoms with Crippen molar-refractivity contribution in [3.8, 4) is 0 Å². The SMILES string of the molecule is CC1=CC=C(C(=O)O)C(C(=O)O)C1(C)S(=O)(=O)O. The molecule has 2 unspecified atom stereocenters. The maximum absolute atomic E-state index is 11.4. The predicted octanol–water partition coefficient (Wildman–Crippen LogP) is 0.305. The quantitative estimate of drug-likeness (QED) is 0.632. The van der Waals surface area contributed by atoms with Crippen LogP contribution in [0.2, 0.25) is 0 Å². The molecule has 0 bridgehead atoms. The van der Waals surface area contributed by atoms with Gasteiger partial charge in [0.05, 0.1) is 5.57 Å². The van der Waals surface area contributed by atoms with Crippen LogP contribution in [0.15, 0.2) is 23.3 Å². The molecule has 1 rings (SSSR count). The van der Waals surface area contributed by atoms with Gasteiger partial charge in [0.15, 0.2) is 0 Å². The number of rotatable bonds is 3. The van der Waals surface area contributed by atoms with Crippen LogP contribution in [0.25, 0.3) is 0 Å². The number of carboxylic acid groups (broad SMARTS) is 2. The molecule has 0 fully saturated rings. The van der Waals surface area contributed by atoms with Gasteiger partial charge in [-0.3, -0.25) is 9.35 Å². The third-order valence-electron chi connectivity index (χ3n) is 3.19. The smallest absolute Gasteiger partial charge is 0.332 e. The van der Waals surface area contributed by atoms with E-state index in [2.05, 4.69) is 0 Å². The molecule has 0 saturated carbocycles. The summed E-state index contributed by atoms with van der Waals surface area (Å²) in [5.41, 5.74) is -0.532. The summed E-state index contributed by atoms with van der Waals surface area (Å²) in [4.78, 5) is 22.1. The number of aliphatic carboxylic acids is 2. The fourth-order valence-electron chi connectivity index (χ4n) is 1.92. The van der Waals surface area contributed by atoms with Crippen LogP contribution in [0.1, 0.15) is 13.8 Å². The maximum atomic E-state index is 11.4. The average molecular weight is 276 g/mol. The van der Waals surface area contributed by atoms with Crippen molar-refractivity contribution in [3.63, 3.8) is 0 Å². The molecule has 1 aliphatic rings. The Kier molecular flexibility index (Phi) is 3.37. The lowest BCUT2D eigenvalue weighted by Crippen LogP contribution is -2.50. The molecule has 2 atom stereocenters. The normalized spacial score (nSPS) is 28.3. The van der Waals surface area contributed by atoms with Gasteiger partial charge in [-0.1, -0.05) is 12.2 Å².